The number of rotatable bonds is 0. The van der Waals surface area contributed by atoms with Crippen molar-refractivity contribution in [2.24, 2.45) is 0 Å². The van der Waals surface area contributed by atoms with Gasteiger partial charge in [-0.05, 0) is 0 Å². The quantitative estimate of drug-likeness (QED) is 0.490. The first kappa shape index (κ1) is 4.39. The second-order valence-electron chi connectivity index (χ2n) is 0.319. The summed E-state index contributed by atoms with van der Waals surface area (Å²) in [6.45, 7) is 0. The molecule has 0 rings (SSSR count). The van der Waals surface area contributed by atoms with Crippen molar-refractivity contribution in [1.82, 2.24) is 0 Å². The number of hydrogen-bond donors (Lipinski definition) is 0. The Balaban J connectivity index is 2.80. The summed E-state index contributed by atoms with van der Waals surface area (Å²) in [5.74, 6) is 0. The summed E-state index contributed by atoms with van der Waals surface area (Å²) < 4.78 is -0.917. The zero-order valence-electron chi connectivity index (χ0n) is 1.89. The fourth-order valence-electron chi connectivity index (χ4n) is 0. The van der Waals surface area contributed by atoms with Crippen molar-refractivity contribution in [3.8, 4) is 0 Å². The van der Waals surface area contributed by atoms with E-state index in [2.05, 4.69) is 0 Å². The summed E-state index contributed by atoms with van der Waals surface area (Å²) >= 11 is -0.00926. The molecule has 0 saturated heterocycles. The Morgan fingerprint density at radius 3 is 2.00 bits per heavy atom. The van der Waals surface area contributed by atoms with Crippen molar-refractivity contribution in [3.63, 3.8) is 0 Å². The van der Waals surface area contributed by atoms with E-state index in [9.17, 15) is 0 Å². The zero-order chi connectivity index (χ0) is 3.58. The normalized spacial score (nSPS) is 6.50. The van der Waals surface area contributed by atoms with E-state index in [1.54, 1.807) is 0 Å². The maximum atomic E-state index is 8.96. The van der Waals surface area contributed by atoms with Crippen molar-refractivity contribution >= 4 is 29.3 Å². The van der Waals surface area contributed by atoms with Crippen LogP contribution in [0.3, 0.4) is 0 Å². The molecule has 0 atom stereocenters. The maximum absolute atomic E-state index is 8.96. The van der Waals surface area contributed by atoms with Crippen molar-refractivity contribution < 1.29 is 9.90 Å². The van der Waals surface area contributed by atoms with Crippen LogP contribution in [-0.4, -0.2) is 29.3 Å². The van der Waals surface area contributed by atoms with Gasteiger partial charge >= 0.3 is 39.2 Å². The molecule has 0 spiro atoms. The second-order valence-corrected chi connectivity index (χ2v) is 2.15. The summed E-state index contributed by atoms with van der Waals surface area (Å²) in [7, 11) is 0. The minimum absolute atomic E-state index is 0.00926. The summed E-state index contributed by atoms with van der Waals surface area (Å²) in [6, 6.07) is 0. The monoisotopic (exact) mass is 249 g/mol. The van der Waals surface area contributed by atoms with Gasteiger partial charge in [0.05, 0.1) is 0 Å². The molecule has 0 aliphatic rings. The van der Waals surface area contributed by atoms with Gasteiger partial charge in [0.15, 0.2) is 0 Å². The molecule has 0 aromatic heterocycles. The third-order valence-electron chi connectivity index (χ3n) is 0. The summed E-state index contributed by atoms with van der Waals surface area (Å²) in [6.07, 6.45) is 0. The third-order valence-corrected chi connectivity index (χ3v) is 0. The van der Waals surface area contributed by atoms with Gasteiger partial charge in [0.25, 0.3) is 0 Å². The van der Waals surface area contributed by atoms with Gasteiger partial charge in [0.1, 0.15) is 0 Å². The number of carbonyl (C=O) groups is 1. The predicted octanol–water partition coefficient (Wildman–Crippen LogP) is -1.50. The zero-order valence-corrected chi connectivity index (χ0v) is 6.38. The van der Waals surface area contributed by atoms with Crippen LogP contribution >= 0.6 is 0 Å². The fourth-order valence-corrected chi connectivity index (χ4v) is 0. The molecular weight excluding hydrogens is 248 g/mol. The predicted molar refractivity (Wildman–Crippen MR) is 11.1 cm³/mol. The van der Waals surface area contributed by atoms with E-state index in [-0.39, 0.29) is 25.8 Å². The van der Waals surface area contributed by atoms with Crippen molar-refractivity contribution in [1.29, 1.82) is 0 Å². The third kappa shape index (κ3) is 30.2. The number of carboxylic acid groups (broad SMARTS) is 1. The molecule has 4 heavy (non-hydrogen) atoms. The van der Waals surface area contributed by atoms with Crippen LogP contribution in [0.2, 0.25) is 0 Å². The van der Waals surface area contributed by atoms with E-state index >= 15 is 0 Å². The summed E-state index contributed by atoms with van der Waals surface area (Å²) in [5, 5.41) is 8.96. The van der Waals surface area contributed by atoms with Gasteiger partial charge in [0.2, 0.25) is 0 Å². The van der Waals surface area contributed by atoms with Gasteiger partial charge in [-0.25, -0.2) is 0 Å². The van der Waals surface area contributed by atoms with Gasteiger partial charge in [-0.3, -0.25) is 0 Å². The SMILES string of the molecule is O=[C]([O-])[Tl+]. The van der Waals surface area contributed by atoms with Crippen LogP contribution in [0.5, 0.6) is 0 Å². The topological polar surface area (TPSA) is 40.1 Å². The summed E-state index contributed by atoms with van der Waals surface area (Å²) in [4.78, 5) is 8.96. The molecule has 0 aromatic carbocycles. The van der Waals surface area contributed by atoms with Gasteiger partial charge < -0.3 is 0 Å². The Bertz CT molecular complexity index is 29.0. The Kier molecular flexibility index (Phi) is 1.85. The van der Waals surface area contributed by atoms with E-state index in [1.807, 2.05) is 0 Å². The molecule has 0 bridgehead atoms. The molecule has 0 heterocycles. The molecule has 0 aromatic rings. The first-order valence-electron chi connectivity index (χ1n) is 0.697. The van der Waals surface area contributed by atoms with Gasteiger partial charge in [-0.2, -0.15) is 0 Å². The van der Waals surface area contributed by atoms with E-state index in [4.69, 9.17) is 9.90 Å². The van der Waals surface area contributed by atoms with Crippen LogP contribution in [0.1, 0.15) is 0 Å². The van der Waals surface area contributed by atoms with Crippen LogP contribution in [0.4, 0.5) is 4.79 Å². The van der Waals surface area contributed by atoms with Crippen LogP contribution in [-0.2, 0) is 0 Å². The Hall–Kier alpha value is 0.392. The molecule has 0 aliphatic carbocycles. The first-order valence-corrected chi connectivity index (χ1v) is 2.94. The van der Waals surface area contributed by atoms with E-state index in [0.717, 1.165) is 0 Å². The van der Waals surface area contributed by atoms with E-state index < -0.39 is 3.53 Å². The molecule has 2 nitrogen and oxygen atoms in total. The number of carbonyl (C=O) groups excluding carboxylic acids is 1. The standard InChI is InChI=1S/CO2.Tl/c2-1-3;/q-1;+1. The average molecular weight is 248 g/mol. The minimum atomic E-state index is -0.917. The number of hydrogen-bond acceptors (Lipinski definition) is 2. The van der Waals surface area contributed by atoms with Crippen molar-refractivity contribution in [2.75, 3.05) is 0 Å². The Morgan fingerprint density at radius 1 is 2.00 bits per heavy atom. The van der Waals surface area contributed by atoms with Gasteiger partial charge in [-0.1, -0.05) is 0 Å². The molecule has 0 saturated carbocycles. The molecule has 0 N–H and O–H groups in total. The Labute approximate surface area is 39.5 Å². The average Bonchev–Trinajstić information content (AvgIpc) is 0.811. The van der Waals surface area contributed by atoms with Crippen molar-refractivity contribution in [3.05, 3.63) is 0 Å². The van der Waals surface area contributed by atoms with Gasteiger partial charge in [0, 0.05) is 0 Å². The molecule has 0 radical (unpaired) electrons. The summed E-state index contributed by atoms with van der Waals surface area (Å²) in [5.41, 5.74) is 0. The first-order chi connectivity index (χ1) is 1.73. The molecule has 0 aliphatic heterocycles. The Morgan fingerprint density at radius 2 is 2.00 bits per heavy atom. The molecule has 0 fully saturated rings. The van der Waals surface area contributed by atoms with Crippen molar-refractivity contribution in [2.45, 2.75) is 0 Å². The van der Waals surface area contributed by atoms with Crippen LogP contribution in [0.25, 0.3) is 0 Å². The van der Waals surface area contributed by atoms with Crippen LogP contribution in [0.15, 0.2) is 0 Å². The molecule has 3 heteroatoms. The molecule has 0 unspecified atom stereocenters. The van der Waals surface area contributed by atoms with E-state index in [1.165, 1.54) is 0 Å². The van der Waals surface area contributed by atoms with Crippen LogP contribution < -0.4 is 5.11 Å². The fraction of sp³-hybridized carbons (Fsp3) is 0. The van der Waals surface area contributed by atoms with Crippen LogP contribution in [0, 0.1) is 0 Å². The van der Waals surface area contributed by atoms with Gasteiger partial charge in [-0.15, -0.1) is 0 Å². The second kappa shape index (κ2) is 1.69. The molecule has 19 valence electrons. The molecular formula is CO2Tl. The van der Waals surface area contributed by atoms with E-state index in [0.29, 0.717) is 0 Å². The molecule has 0 amide bonds.